The highest BCUT2D eigenvalue weighted by Gasteiger charge is 2.47. The van der Waals surface area contributed by atoms with Crippen LogP contribution in [0.1, 0.15) is 12.5 Å². The monoisotopic (exact) mass is 590 g/mol. The van der Waals surface area contributed by atoms with Gasteiger partial charge in [0, 0.05) is 6.54 Å². The van der Waals surface area contributed by atoms with Gasteiger partial charge in [0.1, 0.15) is 30.5 Å². The van der Waals surface area contributed by atoms with Gasteiger partial charge in [-0.05, 0) is 0 Å². The third-order valence-electron chi connectivity index (χ3n) is 7.10. The number of hydrogen-bond donors (Lipinski definition) is 10. The van der Waals surface area contributed by atoms with Crippen LogP contribution >= 0.6 is 0 Å². The molecule has 0 spiro atoms. The first-order valence-corrected chi connectivity index (χ1v) is 12.5. The highest BCUT2D eigenvalue weighted by atomic mass is 16.6. The molecule has 0 saturated carbocycles. The minimum Gasteiger partial charge on any atom is -0.394 e. The number of nitrogens with two attached hydrogens (primary N) is 2. The van der Waals surface area contributed by atoms with Gasteiger partial charge in [0.15, 0.2) is 34.8 Å². The molecule has 224 valence electrons. The zero-order chi connectivity index (χ0) is 29.9. The van der Waals surface area contributed by atoms with Crippen LogP contribution in [0.4, 0.5) is 16.7 Å². The maximum absolute atomic E-state index is 12.8. The summed E-state index contributed by atoms with van der Waals surface area (Å²) >= 11 is 0. The topological polar surface area (TPSA) is 320 Å². The van der Waals surface area contributed by atoms with E-state index in [0.717, 1.165) is 0 Å². The first-order chi connectivity index (χ1) is 20.1. The zero-order valence-electron chi connectivity index (χ0n) is 21.4. The van der Waals surface area contributed by atoms with Crippen LogP contribution in [-0.4, -0.2) is 115 Å². The number of nitrogens with one attached hydrogen (secondary N) is 4. The second-order valence-corrected chi connectivity index (χ2v) is 9.72. The van der Waals surface area contributed by atoms with E-state index in [-0.39, 0.29) is 40.8 Å². The van der Waals surface area contributed by atoms with E-state index in [1.165, 1.54) is 21.8 Å². The van der Waals surface area contributed by atoms with Gasteiger partial charge in [0.25, 0.3) is 11.1 Å². The number of aliphatic hydroxyl groups is 4. The number of urea groups is 1. The number of nitrogens with zero attached hydrogens (tertiary/aromatic N) is 6. The Morgan fingerprint density at radius 2 is 1.40 bits per heavy atom. The van der Waals surface area contributed by atoms with Gasteiger partial charge >= 0.3 is 6.03 Å². The van der Waals surface area contributed by atoms with Gasteiger partial charge in [-0.1, -0.05) is 0 Å². The van der Waals surface area contributed by atoms with Gasteiger partial charge in [-0.15, -0.1) is 0 Å². The fourth-order valence-corrected chi connectivity index (χ4v) is 5.09. The number of ether oxygens (including phenoxy) is 2. The molecule has 2 amide bonds. The Morgan fingerprint density at radius 3 is 1.95 bits per heavy atom. The van der Waals surface area contributed by atoms with Crippen molar-refractivity contribution in [3.63, 3.8) is 0 Å². The summed E-state index contributed by atoms with van der Waals surface area (Å²) in [6.45, 7) is -0.877. The zero-order valence-corrected chi connectivity index (χ0v) is 21.4. The Balaban J connectivity index is 1.12. The summed E-state index contributed by atoms with van der Waals surface area (Å²) in [5.74, 6) is -0.373. The fourth-order valence-electron chi connectivity index (χ4n) is 5.09. The van der Waals surface area contributed by atoms with Crippen LogP contribution in [0, 0.1) is 0 Å². The maximum atomic E-state index is 12.8. The largest absolute Gasteiger partial charge is 0.394 e. The van der Waals surface area contributed by atoms with E-state index >= 15 is 0 Å². The van der Waals surface area contributed by atoms with E-state index in [1.54, 1.807) is 0 Å². The predicted molar refractivity (Wildman–Crippen MR) is 138 cm³/mol. The van der Waals surface area contributed by atoms with E-state index in [2.05, 4.69) is 40.5 Å². The molecule has 12 N–H and O–H groups in total. The Hall–Kier alpha value is -4.67. The lowest BCUT2D eigenvalue weighted by atomic mass is 10.1. The molecule has 8 atom stereocenters. The van der Waals surface area contributed by atoms with Gasteiger partial charge in [0.05, 0.1) is 25.3 Å². The number of imidazole rings is 2. The highest BCUT2D eigenvalue weighted by molar-refractivity contribution is 5.74. The molecule has 0 radical (unpaired) electrons. The molecule has 2 saturated heterocycles. The van der Waals surface area contributed by atoms with Crippen LogP contribution in [0.5, 0.6) is 0 Å². The molecule has 0 unspecified atom stereocenters. The average Bonchev–Trinajstić information content (AvgIpc) is 3.69. The van der Waals surface area contributed by atoms with E-state index in [0.29, 0.717) is 0 Å². The summed E-state index contributed by atoms with van der Waals surface area (Å²) in [5.41, 5.74) is 9.96. The van der Waals surface area contributed by atoms with Crippen LogP contribution in [0.3, 0.4) is 0 Å². The number of aromatic nitrogens is 8. The van der Waals surface area contributed by atoms with Gasteiger partial charge in [-0.3, -0.25) is 28.7 Å². The molecule has 6 heterocycles. The molecule has 21 heteroatoms. The predicted octanol–water partition coefficient (Wildman–Crippen LogP) is -5.05. The molecular formula is C21H26N12O9. The van der Waals surface area contributed by atoms with Crippen molar-refractivity contribution < 1.29 is 34.7 Å². The third-order valence-corrected chi connectivity index (χ3v) is 7.10. The number of fused-ring (bicyclic) bond motifs is 2. The van der Waals surface area contributed by atoms with Crippen molar-refractivity contribution >= 4 is 40.3 Å². The molecule has 4 aromatic rings. The summed E-state index contributed by atoms with van der Waals surface area (Å²) in [4.78, 5) is 57.5. The second kappa shape index (κ2) is 10.3. The molecule has 0 aromatic carbocycles. The number of H-pyrrole nitrogens is 2. The Morgan fingerprint density at radius 1 is 0.881 bits per heavy atom. The molecule has 6 rings (SSSR count). The number of amides is 2. The van der Waals surface area contributed by atoms with Crippen molar-refractivity contribution in [2.24, 2.45) is 0 Å². The fraction of sp³-hybridized carbons (Fsp3) is 0.476. The van der Waals surface area contributed by atoms with Crippen molar-refractivity contribution in [3.8, 4) is 0 Å². The Bertz CT molecular complexity index is 1770. The lowest BCUT2D eigenvalue weighted by Gasteiger charge is -2.22. The third kappa shape index (κ3) is 4.49. The van der Waals surface area contributed by atoms with Gasteiger partial charge < -0.3 is 52.0 Å². The Labute approximate surface area is 232 Å². The summed E-state index contributed by atoms with van der Waals surface area (Å²) < 4.78 is 14.0. The summed E-state index contributed by atoms with van der Waals surface area (Å²) in [6, 6.07) is -1.95. The van der Waals surface area contributed by atoms with Crippen molar-refractivity contribution in [1.82, 2.24) is 49.7 Å². The number of aliphatic hydroxyl groups excluding tert-OH is 4. The van der Waals surface area contributed by atoms with E-state index in [9.17, 15) is 34.8 Å². The highest BCUT2D eigenvalue weighted by Crippen LogP contribution is 2.32. The number of nitrogen functional groups attached to an aromatic ring is 2. The molecular weight excluding hydrogens is 564 g/mol. The molecule has 0 bridgehead atoms. The quantitative estimate of drug-likeness (QED) is 0.100. The van der Waals surface area contributed by atoms with Gasteiger partial charge in [0.2, 0.25) is 11.9 Å². The number of anilines is 2. The normalized spacial score (nSPS) is 29.4. The standard InChI is InChI=1S/C21H26N12O9/c22-19-28-13-8(15(38)30-19)25-3-32(13)17-11(36)7(6(2-34)42-17)27-21(40)24-1-5-10(35)12(37)18(41-5)33-4-26-9-14(33)29-20(23)31-16(9)39/h3-7,10-12,17-18,34-37H,1-2H2,(H2,24,27,40)(H3,22,28,30,38)(H3,23,29,31,39)/t5-,6-,7-,10-,11-,12-,17-,18-/m1/s1. The van der Waals surface area contributed by atoms with Crippen LogP contribution in [0.25, 0.3) is 22.3 Å². The lowest BCUT2D eigenvalue weighted by Crippen LogP contribution is -2.53. The molecule has 0 aliphatic carbocycles. The first-order valence-electron chi connectivity index (χ1n) is 12.5. The van der Waals surface area contributed by atoms with E-state index in [1.807, 2.05) is 0 Å². The van der Waals surface area contributed by atoms with Crippen molar-refractivity contribution in [1.29, 1.82) is 0 Å². The van der Waals surface area contributed by atoms with Crippen molar-refractivity contribution in [2.75, 3.05) is 24.6 Å². The van der Waals surface area contributed by atoms with Gasteiger partial charge in [-0.25, -0.2) is 14.8 Å². The smallest absolute Gasteiger partial charge is 0.315 e. The minimum atomic E-state index is -1.48. The van der Waals surface area contributed by atoms with Crippen LogP contribution in [0.2, 0.25) is 0 Å². The molecule has 2 aliphatic rings. The summed E-state index contributed by atoms with van der Waals surface area (Å²) in [5, 5.41) is 47.0. The number of aromatic amines is 2. The first kappa shape index (κ1) is 27.5. The number of carbonyl (C=O) groups is 1. The molecule has 2 fully saturated rings. The summed E-state index contributed by atoms with van der Waals surface area (Å²) in [7, 11) is 0. The van der Waals surface area contributed by atoms with Crippen LogP contribution in [-0.2, 0) is 9.47 Å². The SMILES string of the molecule is Nc1nc2c(ncn2[C@@H]2O[C@H](CNC(=O)N[C@H]3[C@@H](O)[C@H](n4cnc5c(=O)[nH]c(N)nc54)O[C@@H]3CO)[C@@H](O)[C@H]2O)c(=O)[nH]1. The molecule has 4 aromatic heterocycles. The van der Waals surface area contributed by atoms with Crippen LogP contribution < -0.4 is 33.2 Å². The van der Waals surface area contributed by atoms with Crippen molar-refractivity contribution in [3.05, 3.63) is 33.4 Å². The number of hydrogen-bond acceptors (Lipinski definition) is 15. The second-order valence-electron chi connectivity index (χ2n) is 9.72. The number of carbonyl (C=O) groups excluding carboxylic acids is 1. The van der Waals surface area contributed by atoms with Gasteiger partial charge in [-0.2, -0.15) is 9.97 Å². The van der Waals surface area contributed by atoms with Crippen molar-refractivity contribution in [2.45, 2.75) is 49.0 Å². The molecule has 42 heavy (non-hydrogen) atoms. The molecule has 2 aliphatic heterocycles. The maximum Gasteiger partial charge on any atom is 0.315 e. The van der Waals surface area contributed by atoms with Crippen LogP contribution in [0.15, 0.2) is 22.2 Å². The Kier molecular flexibility index (Phi) is 6.75. The number of rotatable bonds is 6. The molecule has 21 nitrogen and oxygen atoms in total. The minimum absolute atomic E-state index is 0.0202. The van der Waals surface area contributed by atoms with E-state index in [4.69, 9.17) is 20.9 Å². The summed E-state index contributed by atoms with van der Waals surface area (Å²) in [6.07, 6.45) is -6.53. The lowest BCUT2D eigenvalue weighted by molar-refractivity contribution is -0.0489. The van der Waals surface area contributed by atoms with E-state index < -0.39 is 72.8 Å². The average molecular weight is 591 g/mol.